The smallest absolute Gasteiger partial charge is 0.253 e. The van der Waals surface area contributed by atoms with Gasteiger partial charge in [0, 0.05) is 6.42 Å². The van der Waals surface area contributed by atoms with Crippen molar-refractivity contribution in [3.8, 4) is 0 Å². The molecule has 0 aliphatic rings. The minimum Gasteiger partial charge on any atom is -0.352 e. The van der Waals surface area contributed by atoms with Crippen LogP contribution in [0.1, 0.15) is 13.3 Å². The summed E-state index contributed by atoms with van der Waals surface area (Å²) in [6.07, 6.45) is 0.0486. The molecule has 6 heavy (non-hydrogen) atoms. The van der Waals surface area contributed by atoms with Gasteiger partial charge in [0.1, 0.15) is 0 Å². The van der Waals surface area contributed by atoms with Gasteiger partial charge in [0.2, 0.25) is 0 Å². The van der Waals surface area contributed by atoms with Crippen LogP contribution in [-0.4, -0.2) is 11.0 Å². The molecule has 0 spiro atoms. The van der Waals surface area contributed by atoms with Crippen LogP contribution in [0, 0.1) is 0 Å². The van der Waals surface area contributed by atoms with E-state index in [1.54, 1.807) is 0 Å². The predicted molar refractivity (Wildman–Crippen MR) is 20.1 cm³/mol. The monoisotopic (exact) mass is 90.1 g/mol. The molecule has 3 N–H and O–H groups in total. The first kappa shape index (κ1) is 5.88. The summed E-state index contributed by atoms with van der Waals surface area (Å²) in [7, 11) is 0. The Balaban J connectivity index is 3.17. The summed E-state index contributed by atoms with van der Waals surface area (Å²) in [5.41, 5.74) is 4.53. The Kier molecular flexibility index (Phi) is 1.52. The molecule has 3 heteroatoms. The van der Waals surface area contributed by atoms with E-state index in [0.29, 0.717) is 0 Å². The fourth-order valence-electron chi connectivity index (χ4n) is 0. The molecule has 0 aliphatic heterocycles. The van der Waals surface area contributed by atoms with Gasteiger partial charge >= 0.3 is 0 Å². The van der Waals surface area contributed by atoms with Gasteiger partial charge in [-0.1, -0.05) is 6.92 Å². The summed E-state index contributed by atoms with van der Waals surface area (Å²) in [4.78, 5) is 0. The molecule has 1 radical (unpaired) electrons. The Morgan fingerprint density at radius 1 is 2.00 bits per heavy atom. The van der Waals surface area contributed by atoms with E-state index in [0.717, 1.165) is 0 Å². The number of hydrogen-bond donors (Lipinski definition) is 2. The molecule has 0 aliphatic carbocycles. The molecule has 3 nitrogen and oxygen atoms in total. The first-order valence-corrected chi connectivity index (χ1v) is 1.78. The van der Waals surface area contributed by atoms with Gasteiger partial charge in [-0.15, -0.1) is 0 Å². The van der Waals surface area contributed by atoms with E-state index in [9.17, 15) is 5.11 Å². The van der Waals surface area contributed by atoms with Crippen molar-refractivity contribution in [2.45, 2.75) is 19.3 Å². The Morgan fingerprint density at radius 3 is 2.17 bits per heavy atom. The SMILES string of the molecule is CCC(N)([O])O. The van der Waals surface area contributed by atoms with Crippen LogP contribution in [0.5, 0.6) is 0 Å². The van der Waals surface area contributed by atoms with Crippen molar-refractivity contribution in [3.63, 3.8) is 0 Å². The molecule has 1 atom stereocenters. The maximum absolute atomic E-state index is 9.81. The number of aliphatic hydroxyl groups is 1. The van der Waals surface area contributed by atoms with Crippen LogP contribution in [0.2, 0.25) is 0 Å². The van der Waals surface area contributed by atoms with Gasteiger partial charge in [-0.3, -0.25) is 5.73 Å². The van der Waals surface area contributed by atoms with Gasteiger partial charge in [0.25, 0.3) is 5.91 Å². The zero-order valence-corrected chi connectivity index (χ0v) is 3.64. The fraction of sp³-hybridized carbons (Fsp3) is 1.00. The molecular weight excluding hydrogens is 82.0 g/mol. The Hall–Kier alpha value is -0.120. The van der Waals surface area contributed by atoms with Crippen molar-refractivity contribution < 1.29 is 10.2 Å². The number of rotatable bonds is 1. The van der Waals surface area contributed by atoms with E-state index in [4.69, 9.17) is 5.11 Å². The van der Waals surface area contributed by atoms with E-state index < -0.39 is 5.91 Å². The minimum atomic E-state index is -2.21. The van der Waals surface area contributed by atoms with Gasteiger partial charge in [-0.05, 0) is 0 Å². The Bertz CT molecular complexity index is 38.5. The lowest BCUT2D eigenvalue weighted by Gasteiger charge is -2.06. The molecule has 0 saturated carbocycles. The van der Waals surface area contributed by atoms with E-state index in [1.807, 2.05) is 0 Å². The highest BCUT2D eigenvalue weighted by molar-refractivity contribution is 4.44. The van der Waals surface area contributed by atoms with Crippen molar-refractivity contribution >= 4 is 0 Å². The zero-order chi connectivity index (χ0) is 5.21. The second-order valence-electron chi connectivity index (χ2n) is 1.20. The lowest BCUT2D eigenvalue weighted by Crippen LogP contribution is -2.36. The van der Waals surface area contributed by atoms with Crippen molar-refractivity contribution in [2.24, 2.45) is 5.73 Å². The van der Waals surface area contributed by atoms with Crippen LogP contribution in [0.25, 0.3) is 0 Å². The van der Waals surface area contributed by atoms with Gasteiger partial charge in [-0.25, -0.2) is 0 Å². The summed E-state index contributed by atoms with van der Waals surface area (Å²) >= 11 is 0. The first-order valence-electron chi connectivity index (χ1n) is 1.78. The average molecular weight is 90.1 g/mol. The lowest BCUT2D eigenvalue weighted by molar-refractivity contribution is -0.201. The highest BCUT2D eigenvalue weighted by Crippen LogP contribution is 1.92. The summed E-state index contributed by atoms with van der Waals surface area (Å²) in [5.74, 6) is -2.21. The highest BCUT2D eigenvalue weighted by Gasteiger charge is 2.12. The van der Waals surface area contributed by atoms with E-state index in [1.165, 1.54) is 6.92 Å². The summed E-state index contributed by atoms with van der Waals surface area (Å²) in [6, 6.07) is 0. The van der Waals surface area contributed by atoms with Crippen LogP contribution >= 0.6 is 0 Å². The maximum atomic E-state index is 9.81. The Morgan fingerprint density at radius 2 is 2.17 bits per heavy atom. The Labute approximate surface area is 36.4 Å². The zero-order valence-electron chi connectivity index (χ0n) is 3.64. The third-order valence-electron chi connectivity index (χ3n) is 0.507. The molecule has 0 aromatic carbocycles. The van der Waals surface area contributed by atoms with Gasteiger partial charge in [0.05, 0.1) is 0 Å². The van der Waals surface area contributed by atoms with E-state index in [-0.39, 0.29) is 6.42 Å². The van der Waals surface area contributed by atoms with Crippen LogP contribution in [-0.2, 0) is 5.11 Å². The third-order valence-corrected chi connectivity index (χ3v) is 0.507. The predicted octanol–water partition coefficient (Wildman–Crippen LogP) is -0.568. The number of hydrogen-bond acceptors (Lipinski definition) is 2. The van der Waals surface area contributed by atoms with Crippen molar-refractivity contribution in [1.29, 1.82) is 0 Å². The van der Waals surface area contributed by atoms with Crippen molar-refractivity contribution in [3.05, 3.63) is 0 Å². The van der Waals surface area contributed by atoms with Gasteiger partial charge in [-0.2, -0.15) is 5.11 Å². The summed E-state index contributed by atoms with van der Waals surface area (Å²) in [6.45, 7) is 1.52. The topological polar surface area (TPSA) is 66.2 Å². The van der Waals surface area contributed by atoms with E-state index in [2.05, 4.69) is 5.73 Å². The molecule has 0 saturated heterocycles. The molecule has 0 fully saturated rings. The second-order valence-corrected chi connectivity index (χ2v) is 1.20. The van der Waals surface area contributed by atoms with Crippen LogP contribution in [0.4, 0.5) is 0 Å². The molecule has 0 aromatic rings. The molecular formula is C3H8NO2. The average Bonchev–Trinajstić information content (AvgIpc) is 1.35. The summed E-state index contributed by atoms with van der Waals surface area (Å²) < 4.78 is 0. The minimum absolute atomic E-state index is 0.0486. The highest BCUT2D eigenvalue weighted by atomic mass is 16.5. The molecule has 37 valence electrons. The largest absolute Gasteiger partial charge is 0.352 e. The normalized spacial score (nSPS) is 12.0. The standard InChI is InChI=1S/C3H8NO2/c1-2-3(4,5)6/h5H,2,4H2,1H3. The lowest BCUT2D eigenvalue weighted by atomic mass is 10.4. The van der Waals surface area contributed by atoms with Crippen LogP contribution in [0.15, 0.2) is 0 Å². The van der Waals surface area contributed by atoms with Gasteiger partial charge < -0.3 is 5.11 Å². The molecule has 0 rings (SSSR count). The number of nitrogens with two attached hydrogens (primary N) is 1. The second kappa shape index (κ2) is 1.55. The maximum Gasteiger partial charge on any atom is 0.253 e. The summed E-state index contributed by atoms with van der Waals surface area (Å²) in [5, 5.41) is 17.9. The molecule has 0 bridgehead atoms. The molecule has 1 unspecified atom stereocenters. The molecule has 0 aromatic heterocycles. The van der Waals surface area contributed by atoms with Crippen LogP contribution < -0.4 is 5.73 Å². The quantitative estimate of drug-likeness (QED) is 0.423. The van der Waals surface area contributed by atoms with Crippen molar-refractivity contribution in [1.82, 2.24) is 0 Å². The first-order chi connectivity index (χ1) is 2.56. The van der Waals surface area contributed by atoms with Crippen molar-refractivity contribution in [2.75, 3.05) is 0 Å². The van der Waals surface area contributed by atoms with Crippen LogP contribution in [0.3, 0.4) is 0 Å². The van der Waals surface area contributed by atoms with Gasteiger partial charge in [0.15, 0.2) is 0 Å². The third kappa shape index (κ3) is 3.88. The molecule has 0 amide bonds. The van der Waals surface area contributed by atoms with E-state index >= 15 is 0 Å². The molecule has 0 heterocycles. The fourth-order valence-corrected chi connectivity index (χ4v) is 0.